The first-order valence-corrected chi connectivity index (χ1v) is 17.1. The number of ether oxygens (including phenoxy) is 2. The van der Waals surface area contributed by atoms with Gasteiger partial charge in [-0.3, -0.25) is 9.59 Å². The summed E-state index contributed by atoms with van der Waals surface area (Å²) in [6, 6.07) is 2.22. The van der Waals surface area contributed by atoms with Gasteiger partial charge in [0, 0.05) is 5.57 Å². The molecule has 2 unspecified atom stereocenters. The number of carbonyl (C=O) groups excluding carboxylic acids is 2. The van der Waals surface area contributed by atoms with Crippen molar-refractivity contribution in [3.63, 3.8) is 0 Å². The Balaban J connectivity index is 2.19. The van der Waals surface area contributed by atoms with Crippen molar-refractivity contribution < 1.29 is 19.1 Å². The number of fused-ring (bicyclic) bond motifs is 2. The van der Waals surface area contributed by atoms with E-state index in [-0.39, 0.29) is 23.8 Å². The highest BCUT2D eigenvalue weighted by atomic mass is 32.2. The Labute approximate surface area is 255 Å². The van der Waals surface area contributed by atoms with E-state index in [4.69, 9.17) is 16.0 Å². The summed E-state index contributed by atoms with van der Waals surface area (Å²) in [6.45, 7) is 19.3. The molecular weight excluding hydrogens is 581 g/mol. The third-order valence-electron chi connectivity index (χ3n) is 6.82. The van der Waals surface area contributed by atoms with Crippen LogP contribution in [0.15, 0.2) is 39.3 Å². The number of hydrogen-bond acceptors (Lipinski definition) is 9. The molecule has 2 atom stereocenters. The minimum absolute atomic E-state index is 0.221. The molecule has 3 rings (SSSR count). The highest BCUT2D eigenvalue weighted by Gasteiger charge is 2.40. The van der Waals surface area contributed by atoms with Gasteiger partial charge in [-0.2, -0.15) is 5.26 Å². The van der Waals surface area contributed by atoms with Crippen LogP contribution in [0.4, 0.5) is 0 Å². The predicted octanol–water partition coefficient (Wildman–Crippen LogP) is 10.2. The third kappa shape index (κ3) is 7.26. The van der Waals surface area contributed by atoms with Gasteiger partial charge in [-0.1, -0.05) is 100 Å². The van der Waals surface area contributed by atoms with E-state index in [1.165, 1.54) is 47.0 Å². The van der Waals surface area contributed by atoms with E-state index in [1.807, 2.05) is 13.8 Å². The molecule has 0 N–H and O–H groups in total. The molecule has 0 spiro atoms. The third-order valence-corrected chi connectivity index (χ3v) is 12.4. The molecule has 2 aliphatic heterocycles. The van der Waals surface area contributed by atoms with Crippen molar-refractivity contribution in [2.45, 2.75) is 112 Å². The van der Waals surface area contributed by atoms with Crippen molar-refractivity contribution >= 4 is 59.0 Å². The van der Waals surface area contributed by atoms with Crippen LogP contribution >= 0.6 is 47.0 Å². The number of unbranched alkanes of at least 4 members (excludes halogenated alkanes) is 2. The second kappa shape index (κ2) is 15.3. The number of benzene rings is 1. The summed E-state index contributed by atoms with van der Waals surface area (Å²) in [5.74, 6) is -0.123. The summed E-state index contributed by atoms with van der Waals surface area (Å²) >= 11 is 5.52. The molecule has 1 aromatic carbocycles. The number of rotatable bonds is 12. The van der Waals surface area contributed by atoms with Crippen LogP contribution in [-0.2, 0) is 9.59 Å². The monoisotopic (exact) mass is 616 g/mol. The molecule has 0 saturated heterocycles. The maximum absolute atomic E-state index is 13.4. The minimum Gasteiger partial charge on any atom is -0.424 e. The van der Waals surface area contributed by atoms with Crippen molar-refractivity contribution in [2.24, 2.45) is 11.8 Å². The molecule has 6 nitrogen and oxygen atoms in total. The summed E-state index contributed by atoms with van der Waals surface area (Å²) in [5.41, 5.74) is 1.08. The van der Waals surface area contributed by atoms with Gasteiger partial charge in [0.2, 0.25) is 0 Å². The summed E-state index contributed by atoms with van der Waals surface area (Å²) in [7, 11) is 0. The molecule has 0 bridgehead atoms. The van der Waals surface area contributed by atoms with Crippen molar-refractivity contribution in [1.82, 2.24) is 0 Å². The molecular formula is C30H36N2O4S4. The Morgan fingerprint density at radius 3 is 1.52 bits per heavy atom. The first-order valence-electron chi connectivity index (χ1n) is 13.8. The van der Waals surface area contributed by atoms with E-state index in [1.54, 1.807) is 13.8 Å². The molecule has 1 aromatic rings. The Hall–Kier alpha value is -1.98. The highest BCUT2D eigenvalue weighted by Crippen LogP contribution is 2.68. The molecule has 0 amide bonds. The van der Waals surface area contributed by atoms with Crippen molar-refractivity contribution in [2.75, 3.05) is 0 Å². The van der Waals surface area contributed by atoms with Crippen LogP contribution in [0.2, 0.25) is 0 Å². The number of nitrogens with zero attached hydrogens (tertiary/aromatic N) is 2. The summed E-state index contributed by atoms with van der Waals surface area (Å²) in [6.07, 6.45) is 6.75. The van der Waals surface area contributed by atoms with Crippen LogP contribution in [0.5, 0.6) is 11.5 Å². The molecule has 2 heterocycles. The first kappa shape index (κ1) is 32.5. The number of thioether (sulfide) groups is 4. The zero-order valence-electron chi connectivity index (χ0n) is 24.0. The first-order chi connectivity index (χ1) is 19.2. The van der Waals surface area contributed by atoms with Gasteiger partial charge >= 0.3 is 11.9 Å². The summed E-state index contributed by atoms with van der Waals surface area (Å²) in [4.78, 5) is 33.2. The van der Waals surface area contributed by atoms with Gasteiger partial charge in [-0.25, -0.2) is 4.85 Å². The molecule has 40 heavy (non-hydrogen) atoms. The summed E-state index contributed by atoms with van der Waals surface area (Å²) < 4.78 is 14.0. The molecule has 2 aliphatic rings. The minimum atomic E-state index is -0.277. The average Bonchev–Trinajstić information content (AvgIpc) is 3.60. The van der Waals surface area contributed by atoms with Crippen LogP contribution in [-0.4, -0.2) is 11.9 Å². The zero-order valence-corrected chi connectivity index (χ0v) is 27.2. The van der Waals surface area contributed by atoms with Gasteiger partial charge in [-0.15, -0.1) is 0 Å². The second-order valence-electron chi connectivity index (χ2n) is 9.73. The van der Waals surface area contributed by atoms with E-state index in [0.29, 0.717) is 55.2 Å². The Bertz CT molecular complexity index is 1170. The maximum atomic E-state index is 13.4. The van der Waals surface area contributed by atoms with Gasteiger partial charge in [0.15, 0.2) is 17.2 Å². The number of nitriles is 1. The SMILES string of the molecule is [C-]#[N+]C(C)=C1Sc2c(OC(=O)C(CC)CCCC)c3c(c(OC(=O)C(CC)CCCC)c2S1)SC(=C(C)C#N)S3. The van der Waals surface area contributed by atoms with Crippen molar-refractivity contribution in [3.05, 3.63) is 31.2 Å². The Morgan fingerprint density at radius 2 is 1.20 bits per heavy atom. The number of hydrogen-bond donors (Lipinski definition) is 0. The fourth-order valence-electron chi connectivity index (χ4n) is 4.23. The van der Waals surface area contributed by atoms with Gasteiger partial charge in [0.25, 0.3) is 0 Å². The van der Waals surface area contributed by atoms with Crippen LogP contribution in [0, 0.1) is 29.7 Å². The highest BCUT2D eigenvalue weighted by molar-refractivity contribution is 8.25. The van der Waals surface area contributed by atoms with Crippen LogP contribution in [0.25, 0.3) is 4.85 Å². The molecule has 0 aromatic heterocycles. The lowest BCUT2D eigenvalue weighted by molar-refractivity contribution is -0.141. The lowest BCUT2D eigenvalue weighted by atomic mass is 10.00. The molecule has 10 heteroatoms. The van der Waals surface area contributed by atoms with E-state index >= 15 is 0 Å². The zero-order chi connectivity index (χ0) is 29.4. The average molecular weight is 617 g/mol. The van der Waals surface area contributed by atoms with Gasteiger partial charge < -0.3 is 9.47 Å². The van der Waals surface area contributed by atoms with Crippen molar-refractivity contribution in [1.29, 1.82) is 5.26 Å². The predicted molar refractivity (Wildman–Crippen MR) is 165 cm³/mol. The van der Waals surface area contributed by atoms with Gasteiger partial charge in [-0.05, 0) is 39.5 Å². The molecule has 0 fully saturated rings. The number of allylic oxidation sites excluding steroid dienone is 2. The maximum Gasteiger partial charge on any atom is 0.314 e. The van der Waals surface area contributed by atoms with E-state index in [9.17, 15) is 14.9 Å². The molecule has 0 aliphatic carbocycles. The topological polar surface area (TPSA) is 80.8 Å². The second-order valence-corrected chi connectivity index (χ2v) is 14.3. The van der Waals surface area contributed by atoms with Crippen LogP contribution < -0.4 is 9.47 Å². The lowest BCUT2D eigenvalue weighted by Crippen LogP contribution is -2.22. The fourth-order valence-corrected chi connectivity index (χ4v) is 9.40. The summed E-state index contributed by atoms with van der Waals surface area (Å²) in [5, 5.41) is 9.62. The largest absolute Gasteiger partial charge is 0.424 e. The molecule has 0 saturated carbocycles. The van der Waals surface area contributed by atoms with Crippen LogP contribution in [0.1, 0.15) is 92.9 Å². The quantitative estimate of drug-likeness (QED) is 0.0986. The Morgan fingerprint density at radius 1 is 0.800 bits per heavy atom. The van der Waals surface area contributed by atoms with Crippen LogP contribution in [0.3, 0.4) is 0 Å². The van der Waals surface area contributed by atoms with E-state index < -0.39 is 0 Å². The smallest absolute Gasteiger partial charge is 0.314 e. The standard InChI is InChI=1S/C30H36N2O4S4/c1-8-12-14-19(10-3)27(33)35-21-23-24(38-29(37-23)17(5)16-31)22(36-28(34)20(11-4)15-13-9-2)26-25(21)39-30(40-26)18(6)32-7/h19-20H,8-15H2,1-6H3. The molecule has 214 valence electrons. The van der Waals surface area contributed by atoms with Crippen molar-refractivity contribution in [3.8, 4) is 17.6 Å². The van der Waals surface area contributed by atoms with E-state index in [2.05, 4.69) is 24.8 Å². The fraction of sp³-hybridized carbons (Fsp3) is 0.533. The number of carbonyl (C=O) groups is 2. The van der Waals surface area contributed by atoms with Gasteiger partial charge in [0.05, 0.1) is 52.5 Å². The lowest BCUT2D eigenvalue weighted by Gasteiger charge is -2.20. The number of esters is 2. The molecule has 0 radical (unpaired) electrons. The van der Waals surface area contributed by atoms with E-state index in [0.717, 1.165) is 47.0 Å². The Kier molecular flexibility index (Phi) is 12.4. The van der Waals surface area contributed by atoms with Gasteiger partial charge in [0.1, 0.15) is 0 Å². The normalized spacial score (nSPS) is 15.0.